The molecule has 6 nitrogen and oxygen atoms in total. The van der Waals surface area contributed by atoms with E-state index in [4.69, 9.17) is 11.6 Å². The maximum Gasteiger partial charge on any atom is 0.265 e. The lowest BCUT2D eigenvalue weighted by atomic mass is 9.83. The van der Waals surface area contributed by atoms with Gasteiger partial charge in [-0.25, -0.2) is 17.7 Å². The Morgan fingerprint density at radius 3 is 2.52 bits per heavy atom. The number of nitriles is 1. The van der Waals surface area contributed by atoms with Gasteiger partial charge in [-0.05, 0) is 50.8 Å². The normalized spacial score (nSPS) is 22.8. The van der Waals surface area contributed by atoms with E-state index in [-0.39, 0.29) is 21.3 Å². The fraction of sp³-hybridized carbons (Fsp3) is 0.368. The Morgan fingerprint density at radius 2 is 1.93 bits per heavy atom. The molecule has 1 N–H and O–H groups in total. The van der Waals surface area contributed by atoms with Gasteiger partial charge in [0.1, 0.15) is 6.07 Å². The highest BCUT2D eigenvalue weighted by atomic mass is 35.5. The van der Waals surface area contributed by atoms with Gasteiger partial charge in [0.2, 0.25) is 0 Å². The first-order valence-electron chi connectivity index (χ1n) is 8.62. The Hall–Kier alpha value is -2.14. The van der Waals surface area contributed by atoms with E-state index in [1.165, 1.54) is 28.7 Å². The standard InChI is InChI=1S/C19H20ClN3O3S/c1-19(24)9-7-16(8-10-19)23(18-14(12-21)11-15(20)13-22-18)27(25,26)17-5-3-2-4-6-17/h2-6,11,13,16,24H,7-10H2,1H3. The highest BCUT2D eigenvalue weighted by Gasteiger charge is 2.39. The Balaban J connectivity index is 2.12. The summed E-state index contributed by atoms with van der Waals surface area (Å²) in [6.45, 7) is 1.75. The van der Waals surface area contributed by atoms with Crippen molar-refractivity contribution in [2.45, 2.75) is 49.1 Å². The summed E-state index contributed by atoms with van der Waals surface area (Å²) < 4.78 is 28.1. The molecule has 1 aliphatic rings. The molecule has 0 radical (unpaired) electrons. The van der Waals surface area contributed by atoms with Gasteiger partial charge < -0.3 is 5.11 Å². The summed E-state index contributed by atoms with van der Waals surface area (Å²) in [6, 6.07) is 11.1. The number of hydrogen-bond acceptors (Lipinski definition) is 5. The number of anilines is 1. The summed E-state index contributed by atoms with van der Waals surface area (Å²) in [6.07, 6.45) is 3.20. The van der Waals surface area contributed by atoms with Crippen LogP contribution in [-0.4, -0.2) is 30.2 Å². The maximum absolute atomic E-state index is 13.4. The number of hydrogen-bond donors (Lipinski definition) is 1. The zero-order valence-corrected chi connectivity index (χ0v) is 16.4. The molecule has 0 amide bonds. The predicted molar refractivity (Wildman–Crippen MR) is 103 cm³/mol. The third-order valence-corrected chi connectivity index (χ3v) is 6.89. The number of aromatic nitrogens is 1. The van der Waals surface area contributed by atoms with Crippen LogP contribution in [-0.2, 0) is 10.0 Å². The van der Waals surface area contributed by atoms with E-state index in [9.17, 15) is 18.8 Å². The Labute approximate surface area is 164 Å². The molecule has 1 heterocycles. The van der Waals surface area contributed by atoms with Crippen LogP contribution >= 0.6 is 11.6 Å². The van der Waals surface area contributed by atoms with Crippen LogP contribution in [0.5, 0.6) is 0 Å². The first-order valence-corrected chi connectivity index (χ1v) is 10.4. The molecular formula is C19H20ClN3O3S. The lowest BCUT2D eigenvalue weighted by molar-refractivity contribution is 0.0183. The highest BCUT2D eigenvalue weighted by Crippen LogP contribution is 2.36. The van der Waals surface area contributed by atoms with Crippen molar-refractivity contribution in [3.8, 4) is 6.07 Å². The van der Waals surface area contributed by atoms with Crippen molar-refractivity contribution in [1.82, 2.24) is 4.98 Å². The maximum atomic E-state index is 13.4. The average molecular weight is 406 g/mol. The first-order chi connectivity index (χ1) is 12.7. The molecule has 1 fully saturated rings. The second-order valence-corrected chi connectivity index (χ2v) is 9.23. The van der Waals surface area contributed by atoms with Crippen molar-refractivity contribution in [3.05, 3.63) is 53.2 Å². The number of nitrogens with zero attached hydrogens (tertiary/aromatic N) is 3. The summed E-state index contributed by atoms with van der Waals surface area (Å²) in [5.74, 6) is 0.0669. The van der Waals surface area contributed by atoms with E-state index in [2.05, 4.69) is 4.98 Å². The molecule has 3 rings (SSSR count). The van der Waals surface area contributed by atoms with Crippen LogP contribution in [0.1, 0.15) is 38.2 Å². The van der Waals surface area contributed by atoms with Gasteiger partial charge in [-0.15, -0.1) is 0 Å². The lowest BCUT2D eigenvalue weighted by Gasteiger charge is -2.39. The molecule has 1 aromatic carbocycles. The molecule has 0 bridgehead atoms. The number of sulfonamides is 1. The van der Waals surface area contributed by atoms with Crippen LogP contribution in [0.15, 0.2) is 47.5 Å². The van der Waals surface area contributed by atoms with E-state index < -0.39 is 21.7 Å². The molecule has 0 saturated heterocycles. The molecule has 2 aromatic rings. The van der Waals surface area contributed by atoms with Gasteiger partial charge in [0.05, 0.1) is 21.1 Å². The summed E-state index contributed by atoms with van der Waals surface area (Å²) in [5.41, 5.74) is -0.719. The van der Waals surface area contributed by atoms with Crippen molar-refractivity contribution < 1.29 is 13.5 Å². The van der Waals surface area contributed by atoms with Crippen molar-refractivity contribution in [3.63, 3.8) is 0 Å². The molecule has 1 aromatic heterocycles. The Kier molecular flexibility index (Phi) is 5.43. The summed E-state index contributed by atoms with van der Waals surface area (Å²) in [4.78, 5) is 4.31. The summed E-state index contributed by atoms with van der Waals surface area (Å²) in [7, 11) is -3.94. The fourth-order valence-electron chi connectivity index (χ4n) is 3.34. The van der Waals surface area contributed by atoms with Gasteiger partial charge in [0, 0.05) is 12.2 Å². The fourth-order valence-corrected chi connectivity index (χ4v) is 5.20. The molecule has 142 valence electrons. The minimum absolute atomic E-state index is 0.0669. The van der Waals surface area contributed by atoms with E-state index in [0.29, 0.717) is 25.7 Å². The Bertz CT molecular complexity index is 961. The molecule has 27 heavy (non-hydrogen) atoms. The summed E-state index contributed by atoms with van der Waals surface area (Å²) in [5, 5.41) is 20.0. The van der Waals surface area contributed by atoms with Crippen LogP contribution in [0.4, 0.5) is 5.82 Å². The van der Waals surface area contributed by atoms with E-state index >= 15 is 0 Å². The van der Waals surface area contributed by atoms with Crippen LogP contribution in [0.2, 0.25) is 5.02 Å². The van der Waals surface area contributed by atoms with Gasteiger partial charge >= 0.3 is 0 Å². The third kappa shape index (κ3) is 4.08. The van der Waals surface area contributed by atoms with Crippen LogP contribution in [0.25, 0.3) is 0 Å². The molecule has 0 atom stereocenters. The minimum atomic E-state index is -3.94. The third-order valence-electron chi connectivity index (χ3n) is 4.83. The number of benzene rings is 1. The number of pyridine rings is 1. The van der Waals surface area contributed by atoms with Gasteiger partial charge in [-0.3, -0.25) is 0 Å². The largest absolute Gasteiger partial charge is 0.390 e. The van der Waals surface area contributed by atoms with E-state index in [1.807, 2.05) is 6.07 Å². The average Bonchev–Trinajstić information content (AvgIpc) is 2.65. The molecule has 0 spiro atoms. The van der Waals surface area contributed by atoms with Crippen molar-refractivity contribution in [2.24, 2.45) is 0 Å². The quantitative estimate of drug-likeness (QED) is 0.840. The van der Waals surface area contributed by atoms with Crippen LogP contribution in [0.3, 0.4) is 0 Å². The minimum Gasteiger partial charge on any atom is -0.390 e. The van der Waals surface area contributed by atoms with Crippen molar-refractivity contribution >= 4 is 27.4 Å². The van der Waals surface area contributed by atoms with Crippen LogP contribution in [0, 0.1) is 11.3 Å². The molecule has 8 heteroatoms. The van der Waals surface area contributed by atoms with Gasteiger partial charge in [0.25, 0.3) is 10.0 Å². The van der Waals surface area contributed by atoms with E-state index in [0.717, 1.165) is 0 Å². The van der Waals surface area contributed by atoms with Crippen molar-refractivity contribution in [2.75, 3.05) is 4.31 Å². The first kappa shape index (κ1) is 19.6. The van der Waals surface area contributed by atoms with Gasteiger partial charge in [-0.2, -0.15) is 5.26 Å². The monoisotopic (exact) mass is 405 g/mol. The number of rotatable bonds is 4. The number of halogens is 1. The van der Waals surface area contributed by atoms with Crippen LogP contribution < -0.4 is 4.31 Å². The Morgan fingerprint density at radius 1 is 1.30 bits per heavy atom. The summed E-state index contributed by atoms with van der Waals surface area (Å²) >= 11 is 5.94. The zero-order chi connectivity index (χ0) is 19.7. The molecular weight excluding hydrogens is 386 g/mol. The lowest BCUT2D eigenvalue weighted by Crippen LogP contribution is -2.46. The molecule has 0 aliphatic heterocycles. The zero-order valence-electron chi connectivity index (χ0n) is 14.8. The van der Waals surface area contributed by atoms with Gasteiger partial charge in [0.15, 0.2) is 5.82 Å². The number of aliphatic hydroxyl groups is 1. The second kappa shape index (κ2) is 7.47. The van der Waals surface area contributed by atoms with E-state index in [1.54, 1.807) is 25.1 Å². The molecule has 1 saturated carbocycles. The van der Waals surface area contributed by atoms with Crippen molar-refractivity contribution in [1.29, 1.82) is 5.26 Å². The second-order valence-electron chi connectivity index (χ2n) is 6.98. The molecule has 1 aliphatic carbocycles. The predicted octanol–water partition coefficient (Wildman–Crippen LogP) is 3.50. The topological polar surface area (TPSA) is 94.3 Å². The SMILES string of the molecule is CC1(O)CCC(N(c2ncc(Cl)cc2C#N)S(=O)(=O)c2ccccc2)CC1. The molecule has 0 unspecified atom stereocenters. The van der Waals surface area contributed by atoms with Gasteiger partial charge in [-0.1, -0.05) is 29.8 Å². The highest BCUT2D eigenvalue weighted by molar-refractivity contribution is 7.92. The smallest absolute Gasteiger partial charge is 0.265 e.